The van der Waals surface area contributed by atoms with Gasteiger partial charge in [-0.05, 0) is 60.4 Å². The third kappa shape index (κ3) is 4.19. The number of halogens is 3. The SMILES string of the molecule is CC1CC(n2c(Cc3ccc(C(F)(F)F)cc3)nc3ccccc32)CC(C)(C)C1. The molecule has 0 spiro atoms. The highest BCUT2D eigenvalue weighted by Crippen LogP contribution is 2.45. The summed E-state index contributed by atoms with van der Waals surface area (Å²) in [7, 11) is 0. The molecule has 0 N–H and O–H groups in total. The predicted molar refractivity (Wildman–Crippen MR) is 110 cm³/mol. The van der Waals surface area contributed by atoms with E-state index in [1.54, 1.807) is 12.1 Å². The normalized spacial score (nSPS) is 22.1. The minimum atomic E-state index is -4.31. The fourth-order valence-electron chi connectivity index (χ4n) is 5.11. The van der Waals surface area contributed by atoms with Gasteiger partial charge in [-0.15, -0.1) is 0 Å². The fraction of sp³-hybridized carbons (Fsp3) is 0.458. The van der Waals surface area contributed by atoms with E-state index in [1.165, 1.54) is 6.42 Å². The minimum Gasteiger partial charge on any atom is -0.325 e. The van der Waals surface area contributed by atoms with Crippen LogP contribution >= 0.6 is 0 Å². The summed E-state index contributed by atoms with van der Waals surface area (Å²) >= 11 is 0. The zero-order chi connectivity index (χ0) is 20.8. The van der Waals surface area contributed by atoms with Gasteiger partial charge in [-0.3, -0.25) is 0 Å². The van der Waals surface area contributed by atoms with Gasteiger partial charge in [-0.2, -0.15) is 13.2 Å². The molecular formula is C24H27F3N2. The molecule has 0 saturated heterocycles. The van der Waals surface area contributed by atoms with Crippen molar-refractivity contribution in [1.82, 2.24) is 9.55 Å². The molecule has 1 heterocycles. The first kappa shape index (κ1) is 20.0. The Kier molecular flexibility index (Phi) is 4.96. The molecule has 3 aromatic rings. The maximum Gasteiger partial charge on any atom is 0.416 e. The number of aromatic nitrogens is 2. The van der Waals surface area contributed by atoms with Gasteiger partial charge in [-0.1, -0.05) is 45.0 Å². The van der Waals surface area contributed by atoms with Crippen molar-refractivity contribution in [2.45, 2.75) is 58.7 Å². The first-order chi connectivity index (χ1) is 13.6. The molecule has 1 aromatic heterocycles. The van der Waals surface area contributed by atoms with Gasteiger partial charge in [0.2, 0.25) is 0 Å². The van der Waals surface area contributed by atoms with E-state index in [9.17, 15) is 13.2 Å². The van der Waals surface area contributed by atoms with E-state index in [4.69, 9.17) is 4.98 Å². The number of fused-ring (bicyclic) bond motifs is 1. The summed E-state index contributed by atoms with van der Waals surface area (Å²) in [6.07, 6.45) is -0.389. The van der Waals surface area contributed by atoms with Crippen LogP contribution in [0.3, 0.4) is 0 Å². The number of nitrogens with zero attached hydrogens (tertiary/aromatic N) is 2. The van der Waals surface area contributed by atoms with Gasteiger partial charge in [0.1, 0.15) is 5.82 Å². The number of hydrogen-bond acceptors (Lipinski definition) is 1. The molecule has 0 radical (unpaired) electrons. The molecular weight excluding hydrogens is 373 g/mol. The topological polar surface area (TPSA) is 17.8 Å². The molecule has 2 nitrogen and oxygen atoms in total. The van der Waals surface area contributed by atoms with Crippen molar-refractivity contribution < 1.29 is 13.2 Å². The van der Waals surface area contributed by atoms with Gasteiger partial charge in [0.15, 0.2) is 0 Å². The van der Waals surface area contributed by atoms with E-state index < -0.39 is 11.7 Å². The number of hydrogen-bond donors (Lipinski definition) is 0. The molecule has 0 aliphatic heterocycles. The number of rotatable bonds is 3. The molecule has 2 atom stereocenters. The van der Waals surface area contributed by atoms with Crippen LogP contribution in [0.1, 0.15) is 63.0 Å². The number of alkyl halides is 3. The van der Waals surface area contributed by atoms with Crippen LogP contribution in [0.5, 0.6) is 0 Å². The molecule has 29 heavy (non-hydrogen) atoms. The first-order valence-electron chi connectivity index (χ1n) is 10.2. The van der Waals surface area contributed by atoms with Crippen molar-refractivity contribution in [3.05, 3.63) is 65.5 Å². The van der Waals surface area contributed by atoms with Crippen LogP contribution in [0, 0.1) is 11.3 Å². The highest BCUT2D eigenvalue weighted by atomic mass is 19.4. The van der Waals surface area contributed by atoms with Crippen LogP contribution in [0.2, 0.25) is 0 Å². The van der Waals surface area contributed by atoms with Gasteiger partial charge < -0.3 is 4.57 Å². The Morgan fingerprint density at radius 2 is 1.72 bits per heavy atom. The van der Waals surface area contributed by atoms with Crippen molar-refractivity contribution >= 4 is 11.0 Å². The lowest BCUT2D eigenvalue weighted by atomic mass is 9.70. The monoisotopic (exact) mass is 400 g/mol. The van der Waals surface area contributed by atoms with Crippen molar-refractivity contribution in [3.63, 3.8) is 0 Å². The Labute approximate surface area is 169 Å². The molecule has 1 aliphatic rings. The molecule has 5 heteroatoms. The fourth-order valence-corrected chi connectivity index (χ4v) is 5.11. The highest BCUT2D eigenvalue weighted by Gasteiger charge is 2.34. The predicted octanol–water partition coefficient (Wildman–Crippen LogP) is 7.03. The lowest BCUT2D eigenvalue weighted by Crippen LogP contribution is -2.30. The quantitative estimate of drug-likeness (QED) is 0.461. The number of benzene rings is 2. The van der Waals surface area contributed by atoms with Gasteiger partial charge in [0.25, 0.3) is 0 Å². The van der Waals surface area contributed by atoms with E-state index in [0.29, 0.717) is 18.4 Å². The molecule has 1 saturated carbocycles. The zero-order valence-corrected chi connectivity index (χ0v) is 17.1. The Bertz CT molecular complexity index is 999. The first-order valence-corrected chi connectivity index (χ1v) is 10.2. The Hall–Kier alpha value is -2.30. The highest BCUT2D eigenvalue weighted by molar-refractivity contribution is 5.76. The summed E-state index contributed by atoms with van der Waals surface area (Å²) in [5.74, 6) is 1.56. The molecule has 2 aromatic carbocycles. The van der Waals surface area contributed by atoms with Crippen LogP contribution in [0.4, 0.5) is 13.2 Å². The number of imidazole rings is 1. The molecule has 4 rings (SSSR count). The maximum absolute atomic E-state index is 12.9. The molecule has 154 valence electrons. The van der Waals surface area contributed by atoms with E-state index in [2.05, 4.69) is 31.4 Å². The van der Waals surface area contributed by atoms with Crippen molar-refractivity contribution in [1.29, 1.82) is 0 Å². The van der Waals surface area contributed by atoms with Crippen molar-refractivity contribution in [2.75, 3.05) is 0 Å². The van der Waals surface area contributed by atoms with Crippen molar-refractivity contribution in [2.24, 2.45) is 11.3 Å². The minimum absolute atomic E-state index is 0.263. The third-order valence-electron chi connectivity index (χ3n) is 6.04. The summed E-state index contributed by atoms with van der Waals surface area (Å²) < 4.78 is 41.0. The summed E-state index contributed by atoms with van der Waals surface area (Å²) in [6, 6.07) is 13.9. The standard InChI is InChI=1S/C24H27F3N2/c1-16-12-19(15-23(2,3)14-16)29-21-7-5-4-6-20(21)28-22(29)13-17-8-10-18(11-9-17)24(25,26)27/h4-11,16,19H,12-15H2,1-3H3. The number of para-hydroxylation sites is 2. The lowest BCUT2D eigenvalue weighted by molar-refractivity contribution is -0.137. The van der Waals surface area contributed by atoms with Crippen LogP contribution in [0.25, 0.3) is 11.0 Å². The molecule has 0 amide bonds. The van der Waals surface area contributed by atoms with Gasteiger partial charge >= 0.3 is 6.18 Å². The van der Waals surface area contributed by atoms with Crippen LogP contribution in [-0.2, 0) is 12.6 Å². The summed E-state index contributed by atoms with van der Waals surface area (Å²) in [5.41, 5.74) is 2.56. The Balaban J connectivity index is 1.72. The zero-order valence-electron chi connectivity index (χ0n) is 17.1. The summed E-state index contributed by atoms with van der Waals surface area (Å²) in [6.45, 7) is 6.96. The average molecular weight is 400 g/mol. The average Bonchev–Trinajstić information content (AvgIpc) is 2.97. The largest absolute Gasteiger partial charge is 0.416 e. The molecule has 1 fully saturated rings. The second-order valence-electron chi connectivity index (χ2n) is 9.33. The molecule has 1 aliphatic carbocycles. The molecule has 0 bridgehead atoms. The van der Waals surface area contributed by atoms with Gasteiger partial charge in [0, 0.05) is 12.5 Å². The summed E-state index contributed by atoms with van der Waals surface area (Å²) in [4.78, 5) is 4.87. The van der Waals surface area contributed by atoms with Crippen LogP contribution in [-0.4, -0.2) is 9.55 Å². The van der Waals surface area contributed by atoms with E-state index in [0.717, 1.165) is 47.4 Å². The third-order valence-corrected chi connectivity index (χ3v) is 6.04. The van der Waals surface area contributed by atoms with Gasteiger partial charge in [-0.25, -0.2) is 4.98 Å². The maximum atomic E-state index is 12.9. The van der Waals surface area contributed by atoms with E-state index >= 15 is 0 Å². The van der Waals surface area contributed by atoms with E-state index in [1.807, 2.05) is 18.2 Å². The second kappa shape index (κ2) is 7.19. The second-order valence-corrected chi connectivity index (χ2v) is 9.33. The lowest BCUT2D eigenvalue weighted by Gasteiger charge is -2.40. The van der Waals surface area contributed by atoms with Crippen LogP contribution < -0.4 is 0 Å². The van der Waals surface area contributed by atoms with E-state index in [-0.39, 0.29) is 5.41 Å². The summed E-state index contributed by atoms with van der Waals surface area (Å²) in [5, 5.41) is 0. The van der Waals surface area contributed by atoms with Crippen LogP contribution in [0.15, 0.2) is 48.5 Å². The van der Waals surface area contributed by atoms with Crippen molar-refractivity contribution in [3.8, 4) is 0 Å². The molecule has 2 unspecified atom stereocenters. The van der Waals surface area contributed by atoms with Gasteiger partial charge in [0.05, 0.1) is 16.6 Å². The Morgan fingerprint density at radius 3 is 2.38 bits per heavy atom. The Morgan fingerprint density at radius 1 is 1.03 bits per heavy atom. The smallest absolute Gasteiger partial charge is 0.325 e.